The first-order valence-corrected chi connectivity index (χ1v) is 7.20. The minimum atomic E-state index is 0.725. The Bertz CT molecular complexity index is 404. The standard InChI is InChI=1S/C15H23N3/c1-16-14-3-2-4-15(9-14)18-8-6-12-10-17-7-5-13(12)11-18/h5,7,10,14-16H,2-4,6,8-9,11H2,1H3/t14-,15-/m0/s1. The molecule has 1 fully saturated rings. The van der Waals surface area contributed by atoms with Gasteiger partial charge in [-0.05, 0) is 49.9 Å². The molecule has 3 nitrogen and oxygen atoms in total. The van der Waals surface area contributed by atoms with Crippen molar-refractivity contribution in [1.82, 2.24) is 15.2 Å². The van der Waals surface area contributed by atoms with E-state index in [9.17, 15) is 0 Å². The molecule has 1 aromatic rings. The third-order valence-electron chi connectivity index (χ3n) is 4.62. The lowest BCUT2D eigenvalue weighted by Gasteiger charge is -2.39. The van der Waals surface area contributed by atoms with Gasteiger partial charge >= 0.3 is 0 Å². The maximum Gasteiger partial charge on any atom is 0.0303 e. The third kappa shape index (κ3) is 2.43. The number of hydrogen-bond donors (Lipinski definition) is 1. The highest BCUT2D eigenvalue weighted by Gasteiger charge is 2.28. The van der Waals surface area contributed by atoms with Crippen molar-refractivity contribution in [2.45, 2.75) is 50.7 Å². The Hall–Kier alpha value is -0.930. The van der Waals surface area contributed by atoms with Gasteiger partial charge in [0.15, 0.2) is 0 Å². The van der Waals surface area contributed by atoms with Gasteiger partial charge in [-0.15, -0.1) is 0 Å². The Morgan fingerprint density at radius 2 is 2.28 bits per heavy atom. The summed E-state index contributed by atoms with van der Waals surface area (Å²) in [7, 11) is 2.10. The first kappa shape index (κ1) is 12.1. The van der Waals surface area contributed by atoms with Crippen molar-refractivity contribution < 1.29 is 0 Å². The zero-order chi connectivity index (χ0) is 12.4. The molecule has 1 N–H and O–H groups in total. The van der Waals surface area contributed by atoms with Crippen LogP contribution in [-0.2, 0) is 13.0 Å². The highest BCUT2D eigenvalue weighted by atomic mass is 15.2. The Morgan fingerprint density at radius 1 is 1.33 bits per heavy atom. The predicted octanol–water partition coefficient (Wildman–Crippen LogP) is 1.97. The smallest absolute Gasteiger partial charge is 0.0303 e. The zero-order valence-electron chi connectivity index (χ0n) is 11.2. The number of aromatic nitrogens is 1. The van der Waals surface area contributed by atoms with Crippen molar-refractivity contribution in [2.24, 2.45) is 0 Å². The molecule has 1 saturated carbocycles. The number of rotatable bonds is 2. The van der Waals surface area contributed by atoms with E-state index in [-0.39, 0.29) is 0 Å². The second kappa shape index (κ2) is 5.37. The second-order valence-electron chi connectivity index (χ2n) is 5.67. The first-order valence-electron chi connectivity index (χ1n) is 7.20. The topological polar surface area (TPSA) is 28.2 Å². The van der Waals surface area contributed by atoms with E-state index in [2.05, 4.69) is 28.3 Å². The summed E-state index contributed by atoms with van der Waals surface area (Å²) < 4.78 is 0. The van der Waals surface area contributed by atoms with E-state index in [1.54, 1.807) is 0 Å². The molecular weight excluding hydrogens is 222 g/mol. The van der Waals surface area contributed by atoms with Crippen molar-refractivity contribution in [3.8, 4) is 0 Å². The van der Waals surface area contributed by atoms with E-state index in [0.717, 1.165) is 18.6 Å². The van der Waals surface area contributed by atoms with Crippen molar-refractivity contribution in [1.29, 1.82) is 0 Å². The number of fused-ring (bicyclic) bond motifs is 1. The molecule has 0 saturated heterocycles. The lowest BCUT2D eigenvalue weighted by Crippen LogP contribution is -2.45. The molecule has 0 aromatic carbocycles. The third-order valence-corrected chi connectivity index (χ3v) is 4.62. The van der Waals surface area contributed by atoms with Gasteiger partial charge in [-0.2, -0.15) is 0 Å². The van der Waals surface area contributed by atoms with Gasteiger partial charge in [0.1, 0.15) is 0 Å². The highest BCUT2D eigenvalue weighted by molar-refractivity contribution is 5.25. The molecule has 0 bridgehead atoms. The van der Waals surface area contributed by atoms with Crippen LogP contribution in [0.4, 0.5) is 0 Å². The van der Waals surface area contributed by atoms with E-state index < -0.39 is 0 Å². The number of nitrogens with one attached hydrogen (secondary N) is 1. The van der Waals surface area contributed by atoms with Gasteiger partial charge in [0.05, 0.1) is 0 Å². The molecule has 2 atom stereocenters. The largest absolute Gasteiger partial charge is 0.317 e. The van der Waals surface area contributed by atoms with E-state index in [1.165, 1.54) is 49.8 Å². The molecule has 0 radical (unpaired) electrons. The summed E-state index contributed by atoms with van der Waals surface area (Å²) in [5.74, 6) is 0. The fourth-order valence-electron chi connectivity index (χ4n) is 3.47. The summed E-state index contributed by atoms with van der Waals surface area (Å²) in [5.41, 5.74) is 2.94. The summed E-state index contributed by atoms with van der Waals surface area (Å²) in [5, 5.41) is 3.46. The van der Waals surface area contributed by atoms with Crippen LogP contribution in [0.2, 0.25) is 0 Å². The van der Waals surface area contributed by atoms with Crippen LogP contribution in [-0.4, -0.2) is 35.6 Å². The molecule has 3 heteroatoms. The van der Waals surface area contributed by atoms with Gasteiger partial charge in [-0.25, -0.2) is 0 Å². The molecule has 2 heterocycles. The minimum absolute atomic E-state index is 0.725. The predicted molar refractivity (Wildman–Crippen MR) is 73.5 cm³/mol. The van der Waals surface area contributed by atoms with Crippen LogP contribution < -0.4 is 5.32 Å². The number of pyridine rings is 1. The summed E-state index contributed by atoms with van der Waals surface area (Å²) in [6.45, 7) is 2.33. The van der Waals surface area contributed by atoms with E-state index in [4.69, 9.17) is 0 Å². The van der Waals surface area contributed by atoms with Crippen LogP contribution in [0.15, 0.2) is 18.5 Å². The first-order chi connectivity index (χ1) is 8.86. The normalized spacial score (nSPS) is 28.9. The summed E-state index contributed by atoms with van der Waals surface area (Å²) in [6.07, 6.45) is 10.6. The molecule has 18 heavy (non-hydrogen) atoms. The summed E-state index contributed by atoms with van der Waals surface area (Å²) >= 11 is 0. The maximum absolute atomic E-state index is 4.23. The van der Waals surface area contributed by atoms with E-state index in [1.807, 2.05) is 12.4 Å². The molecule has 1 aliphatic carbocycles. The number of hydrogen-bond acceptors (Lipinski definition) is 3. The molecule has 0 unspecified atom stereocenters. The van der Waals surface area contributed by atoms with Crippen LogP contribution in [0.3, 0.4) is 0 Å². The molecule has 2 aliphatic rings. The summed E-state index contributed by atoms with van der Waals surface area (Å²) in [4.78, 5) is 6.92. The van der Waals surface area contributed by atoms with Crippen LogP contribution in [0.5, 0.6) is 0 Å². The Balaban J connectivity index is 1.68. The zero-order valence-corrected chi connectivity index (χ0v) is 11.2. The van der Waals surface area contributed by atoms with Crippen LogP contribution >= 0.6 is 0 Å². The van der Waals surface area contributed by atoms with Crippen LogP contribution in [0.1, 0.15) is 36.8 Å². The van der Waals surface area contributed by atoms with E-state index in [0.29, 0.717) is 0 Å². The monoisotopic (exact) mass is 245 g/mol. The average Bonchev–Trinajstić information content (AvgIpc) is 2.47. The molecule has 98 valence electrons. The van der Waals surface area contributed by atoms with Crippen molar-refractivity contribution in [2.75, 3.05) is 13.6 Å². The Kier molecular flexibility index (Phi) is 3.62. The molecule has 0 spiro atoms. The van der Waals surface area contributed by atoms with Gasteiger partial charge in [0, 0.05) is 37.6 Å². The van der Waals surface area contributed by atoms with Gasteiger partial charge in [0.25, 0.3) is 0 Å². The van der Waals surface area contributed by atoms with Gasteiger partial charge in [-0.3, -0.25) is 9.88 Å². The molecule has 1 aromatic heterocycles. The number of nitrogens with zero attached hydrogens (tertiary/aromatic N) is 2. The van der Waals surface area contributed by atoms with Crippen LogP contribution in [0, 0.1) is 0 Å². The highest BCUT2D eigenvalue weighted by Crippen LogP contribution is 2.27. The lowest BCUT2D eigenvalue weighted by molar-refractivity contribution is 0.127. The molecule has 0 amide bonds. The maximum atomic E-state index is 4.23. The Morgan fingerprint density at radius 3 is 3.17 bits per heavy atom. The lowest BCUT2D eigenvalue weighted by atomic mass is 9.88. The second-order valence-corrected chi connectivity index (χ2v) is 5.67. The van der Waals surface area contributed by atoms with Crippen molar-refractivity contribution >= 4 is 0 Å². The van der Waals surface area contributed by atoms with E-state index >= 15 is 0 Å². The van der Waals surface area contributed by atoms with Gasteiger partial charge in [-0.1, -0.05) is 6.42 Å². The summed E-state index contributed by atoms with van der Waals surface area (Å²) in [6, 6.07) is 3.69. The van der Waals surface area contributed by atoms with Gasteiger partial charge < -0.3 is 5.32 Å². The fourth-order valence-corrected chi connectivity index (χ4v) is 3.47. The molecular formula is C15H23N3. The fraction of sp³-hybridized carbons (Fsp3) is 0.667. The quantitative estimate of drug-likeness (QED) is 0.863. The van der Waals surface area contributed by atoms with Crippen LogP contribution in [0.25, 0.3) is 0 Å². The Labute approximate surface area is 110 Å². The van der Waals surface area contributed by atoms with Crippen molar-refractivity contribution in [3.63, 3.8) is 0 Å². The minimum Gasteiger partial charge on any atom is -0.317 e. The molecule has 1 aliphatic heterocycles. The van der Waals surface area contributed by atoms with Gasteiger partial charge in [0.2, 0.25) is 0 Å². The molecule has 3 rings (SSSR count). The average molecular weight is 245 g/mol. The van der Waals surface area contributed by atoms with Crippen molar-refractivity contribution in [3.05, 3.63) is 29.6 Å². The SMILES string of the molecule is CN[C@H]1CCC[C@H](N2CCc3cnccc3C2)C1.